The summed E-state index contributed by atoms with van der Waals surface area (Å²) in [6.45, 7) is 2.62. The molecule has 0 unspecified atom stereocenters. The van der Waals surface area contributed by atoms with Crippen LogP contribution in [-0.2, 0) is 16.6 Å². The van der Waals surface area contributed by atoms with Crippen LogP contribution in [0.3, 0.4) is 0 Å². The molecule has 2 aromatic rings. The highest BCUT2D eigenvalue weighted by Gasteiger charge is 2.25. The summed E-state index contributed by atoms with van der Waals surface area (Å²) in [6.07, 6.45) is 2.83. The third-order valence-corrected chi connectivity index (χ3v) is 5.97. The summed E-state index contributed by atoms with van der Waals surface area (Å²) in [6, 6.07) is 9.62. The third kappa shape index (κ3) is 5.08. The van der Waals surface area contributed by atoms with E-state index < -0.39 is 10.0 Å². The standard InChI is InChI=1S/C17H22ClNO4S/c1-14(9-11-20)8-10-19(13-16-3-2-12-23-16)24(21,22)17-6-4-15(18)5-7-17/h2-7,12,14,20H,8-11,13H2,1H3/t14-/m1/s1. The van der Waals surface area contributed by atoms with Gasteiger partial charge < -0.3 is 9.52 Å². The molecular weight excluding hydrogens is 350 g/mol. The molecule has 132 valence electrons. The monoisotopic (exact) mass is 371 g/mol. The maximum atomic E-state index is 12.9. The molecule has 1 atom stereocenters. The van der Waals surface area contributed by atoms with Crippen molar-refractivity contribution >= 4 is 21.6 Å². The van der Waals surface area contributed by atoms with Crippen LogP contribution in [0.15, 0.2) is 52.0 Å². The molecule has 0 spiro atoms. The largest absolute Gasteiger partial charge is 0.468 e. The van der Waals surface area contributed by atoms with Gasteiger partial charge in [-0.2, -0.15) is 4.31 Å². The Morgan fingerprint density at radius 1 is 1.21 bits per heavy atom. The first-order valence-electron chi connectivity index (χ1n) is 7.82. The van der Waals surface area contributed by atoms with Crippen molar-refractivity contribution < 1.29 is 17.9 Å². The summed E-state index contributed by atoms with van der Waals surface area (Å²) in [5.41, 5.74) is 0. The molecule has 0 aliphatic carbocycles. The molecule has 0 aliphatic rings. The molecule has 0 saturated heterocycles. The van der Waals surface area contributed by atoms with E-state index in [2.05, 4.69) is 0 Å². The van der Waals surface area contributed by atoms with Crippen LogP contribution in [-0.4, -0.2) is 31.0 Å². The van der Waals surface area contributed by atoms with Crippen molar-refractivity contribution in [1.29, 1.82) is 0 Å². The van der Waals surface area contributed by atoms with Gasteiger partial charge in [-0.1, -0.05) is 18.5 Å². The molecule has 5 nitrogen and oxygen atoms in total. The number of aliphatic hydroxyl groups excluding tert-OH is 1. The van der Waals surface area contributed by atoms with Gasteiger partial charge in [-0.05, 0) is 55.2 Å². The van der Waals surface area contributed by atoms with Crippen molar-refractivity contribution in [2.24, 2.45) is 5.92 Å². The minimum Gasteiger partial charge on any atom is -0.468 e. The summed E-state index contributed by atoms with van der Waals surface area (Å²) in [4.78, 5) is 0.202. The van der Waals surface area contributed by atoms with Gasteiger partial charge in [0, 0.05) is 18.2 Å². The number of sulfonamides is 1. The van der Waals surface area contributed by atoms with Gasteiger partial charge in [0.25, 0.3) is 0 Å². The molecule has 2 rings (SSSR count). The van der Waals surface area contributed by atoms with Crippen LogP contribution in [0.4, 0.5) is 0 Å². The van der Waals surface area contributed by atoms with Crippen molar-refractivity contribution in [2.45, 2.75) is 31.2 Å². The first-order valence-corrected chi connectivity index (χ1v) is 9.64. The Morgan fingerprint density at radius 2 is 1.92 bits per heavy atom. The summed E-state index contributed by atoms with van der Waals surface area (Å²) >= 11 is 5.85. The van der Waals surface area contributed by atoms with Crippen LogP contribution in [0, 0.1) is 5.92 Å². The van der Waals surface area contributed by atoms with Gasteiger partial charge in [-0.25, -0.2) is 8.42 Å². The lowest BCUT2D eigenvalue weighted by molar-refractivity contribution is 0.249. The first-order chi connectivity index (χ1) is 11.4. The number of hydrogen-bond donors (Lipinski definition) is 1. The van der Waals surface area contributed by atoms with Crippen molar-refractivity contribution in [3.05, 3.63) is 53.4 Å². The Labute approximate surface area is 147 Å². The van der Waals surface area contributed by atoms with Gasteiger partial charge in [0.15, 0.2) is 0 Å². The van der Waals surface area contributed by atoms with Crippen LogP contribution < -0.4 is 0 Å². The molecule has 1 heterocycles. The molecule has 0 aliphatic heterocycles. The molecule has 1 aromatic heterocycles. The molecule has 24 heavy (non-hydrogen) atoms. The molecule has 7 heteroatoms. The Hall–Kier alpha value is -1.34. The lowest BCUT2D eigenvalue weighted by Gasteiger charge is -2.23. The molecule has 0 radical (unpaired) electrons. The van der Waals surface area contributed by atoms with E-state index in [1.807, 2.05) is 6.92 Å². The summed E-state index contributed by atoms with van der Waals surface area (Å²) in [5, 5.41) is 9.50. The van der Waals surface area contributed by atoms with E-state index in [4.69, 9.17) is 21.1 Å². The number of rotatable bonds is 9. The third-order valence-electron chi connectivity index (χ3n) is 3.86. The summed E-state index contributed by atoms with van der Waals surface area (Å²) in [7, 11) is -3.65. The second-order valence-corrected chi connectivity index (χ2v) is 8.15. The number of hydrogen-bond acceptors (Lipinski definition) is 4. The van der Waals surface area contributed by atoms with Gasteiger partial charge in [0.2, 0.25) is 10.0 Å². The number of nitrogens with zero attached hydrogens (tertiary/aromatic N) is 1. The zero-order valence-electron chi connectivity index (χ0n) is 13.6. The molecule has 0 bridgehead atoms. The van der Waals surface area contributed by atoms with Crippen LogP contribution in [0.25, 0.3) is 0 Å². The van der Waals surface area contributed by atoms with E-state index in [-0.39, 0.29) is 24.0 Å². The minimum atomic E-state index is -3.65. The van der Waals surface area contributed by atoms with E-state index in [9.17, 15) is 8.42 Å². The lowest BCUT2D eigenvalue weighted by Crippen LogP contribution is -2.32. The molecule has 0 amide bonds. The fourth-order valence-corrected chi connectivity index (χ4v) is 3.89. The smallest absolute Gasteiger partial charge is 0.243 e. The number of furan rings is 1. The zero-order valence-corrected chi connectivity index (χ0v) is 15.1. The van der Waals surface area contributed by atoms with Crippen LogP contribution in [0.5, 0.6) is 0 Å². The van der Waals surface area contributed by atoms with Gasteiger partial charge in [-0.15, -0.1) is 0 Å². The summed E-state index contributed by atoms with van der Waals surface area (Å²) < 4.78 is 32.6. The quantitative estimate of drug-likeness (QED) is 0.732. The number of aliphatic hydroxyl groups is 1. The molecule has 0 saturated carbocycles. The Morgan fingerprint density at radius 3 is 2.50 bits per heavy atom. The van der Waals surface area contributed by atoms with Gasteiger partial charge in [-0.3, -0.25) is 0 Å². The number of halogens is 1. The molecule has 1 N–H and O–H groups in total. The van der Waals surface area contributed by atoms with Crippen LogP contribution in [0.1, 0.15) is 25.5 Å². The Balaban J connectivity index is 2.21. The highest BCUT2D eigenvalue weighted by Crippen LogP contribution is 2.22. The van der Waals surface area contributed by atoms with E-state index in [1.165, 1.54) is 22.7 Å². The van der Waals surface area contributed by atoms with Gasteiger partial charge >= 0.3 is 0 Å². The van der Waals surface area contributed by atoms with E-state index in [0.717, 1.165) is 0 Å². The fraction of sp³-hybridized carbons (Fsp3) is 0.412. The van der Waals surface area contributed by atoms with Crippen molar-refractivity contribution in [1.82, 2.24) is 4.31 Å². The predicted molar refractivity (Wildman–Crippen MR) is 93.2 cm³/mol. The van der Waals surface area contributed by atoms with Crippen molar-refractivity contribution in [2.75, 3.05) is 13.2 Å². The topological polar surface area (TPSA) is 70.8 Å². The maximum absolute atomic E-state index is 12.9. The summed E-state index contributed by atoms with van der Waals surface area (Å²) in [5.74, 6) is 0.817. The first kappa shape index (κ1) is 19.0. The van der Waals surface area contributed by atoms with E-state index >= 15 is 0 Å². The average molecular weight is 372 g/mol. The second-order valence-electron chi connectivity index (χ2n) is 5.78. The molecular formula is C17H22ClNO4S. The average Bonchev–Trinajstić information content (AvgIpc) is 3.05. The molecule has 1 aromatic carbocycles. The van der Waals surface area contributed by atoms with Crippen LogP contribution in [0.2, 0.25) is 5.02 Å². The highest BCUT2D eigenvalue weighted by molar-refractivity contribution is 7.89. The van der Waals surface area contributed by atoms with Crippen LogP contribution >= 0.6 is 11.6 Å². The molecule has 0 fully saturated rings. The van der Waals surface area contributed by atoms with Crippen molar-refractivity contribution in [3.8, 4) is 0 Å². The minimum absolute atomic E-state index is 0.100. The normalized spacial score (nSPS) is 13.3. The highest BCUT2D eigenvalue weighted by atomic mass is 35.5. The Kier molecular flexibility index (Phi) is 6.86. The zero-order chi connectivity index (χ0) is 17.6. The Bertz CT molecular complexity index is 714. The van der Waals surface area contributed by atoms with Gasteiger partial charge in [0.1, 0.15) is 5.76 Å². The van der Waals surface area contributed by atoms with E-state index in [1.54, 1.807) is 24.3 Å². The predicted octanol–water partition coefficient (Wildman–Crippen LogP) is 3.53. The van der Waals surface area contributed by atoms with Crippen molar-refractivity contribution in [3.63, 3.8) is 0 Å². The van der Waals surface area contributed by atoms with E-state index in [0.29, 0.717) is 30.2 Å². The fourth-order valence-electron chi connectivity index (χ4n) is 2.35. The SMILES string of the molecule is C[C@@H](CCO)CCN(Cc1ccco1)S(=O)(=O)c1ccc(Cl)cc1. The second kappa shape index (κ2) is 8.67. The maximum Gasteiger partial charge on any atom is 0.243 e. The lowest BCUT2D eigenvalue weighted by atomic mass is 10.1. The number of benzene rings is 1. The van der Waals surface area contributed by atoms with Gasteiger partial charge in [0.05, 0.1) is 17.7 Å².